The zero-order chi connectivity index (χ0) is 10.1. The highest BCUT2D eigenvalue weighted by atomic mass is 79.9. The number of nitriles is 1. The van der Waals surface area contributed by atoms with Gasteiger partial charge < -0.3 is 0 Å². The van der Waals surface area contributed by atoms with Gasteiger partial charge in [-0.1, -0.05) is 15.9 Å². The van der Waals surface area contributed by atoms with E-state index in [0.717, 1.165) is 6.07 Å². The summed E-state index contributed by atoms with van der Waals surface area (Å²) in [7, 11) is -4.81. The maximum absolute atomic E-state index is 12.5. The summed E-state index contributed by atoms with van der Waals surface area (Å²) in [6.07, 6.45) is 0. The van der Waals surface area contributed by atoms with E-state index in [-0.39, 0.29) is 5.56 Å². The van der Waals surface area contributed by atoms with E-state index >= 15 is 0 Å². The fourth-order valence-electron chi connectivity index (χ4n) is 0.802. The van der Waals surface area contributed by atoms with Gasteiger partial charge in [-0.3, -0.25) is 0 Å². The van der Waals surface area contributed by atoms with Crippen LogP contribution >= 0.6 is 15.9 Å². The van der Waals surface area contributed by atoms with Crippen molar-refractivity contribution in [2.24, 2.45) is 0 Å². The van der Waals surface area contributed by atoms with Crippen LogP contribution in [-0.4, -0.2) is 8.42 Å². The Bertz CT molecular complexity index is 478. The quantitative estimate of drug-likeness (QED) is 0.728. The first-order valence-electron chi connectivity index (χ1n) is 3.09. The molecule has 0 amide bonds. The number of halogens is 2. The van der Waals surface area contributed by atoms with Gasteiger partial charge in [0.15, 0.2) is 0 Å². The maximum atomic E-state index is 12.5. The molecule has 0 heterocycles. The van der Waals surface area contributed by atoms with Gasteiger partial charge >= 0.3 is 10.2 Å². The minimum absolute atomic E-state index is 0.211. The van der Waals surface area contributed by atoms with Crippen LogP contribution in [0.15, 0.2) is 27.6 Å². The summed E-state index contributed by atoms with van der Waals surface area (Å²) in [5, 5.41) is 8.50. The van der Waals surface area contributed by atoms with Crippen LogP contribution in [0.25, 0.3) is 0 Å². The van der Waals surface area contributed by atoms with Crippen molar-refractivity contribution in [2.45, 2.75) is 4.90 Å². The Morgan fingerprint density at radius 3 is 2.54 bits per heavy atom. The number of benzene rings is 1. The summed E-state index contributed by atoms with van der Waals surface area (Å²) in [4.78, 5) is -0.599. The van der Waals surface area contributed by atoms with Crippen LogP contribution in [0.1, 0.15) is 5.56 Å². The molecule has 0 spiro atoms. The van der Waals surface area contributed by atoms with Gasteiger partial charge in [0.1, 0.15) is 11.0 Å². The summed E-state index contributed by atoms with van der Waals surface area (Å²) < 4.78 is 34.0. The van der Waals surface area contributed by atoms with Crippen LogP contribution in [-0.2, 0) is 10.2 Å². The Morgan fingerprint density at radius 1 is 1.46 bits per heavy atom. The summed E-state index contributed by atoms with van der Waals surface area (Å²) in [6, 6.07) is 5.23. The molecule has 0 aliphatic rings. The Morgan fingerprint density at radius 2 is 2.08 bits per heavy atom. The average Bonchev–Trinajstić information content (AvgIpc) is 2.01. The normalized spacial score (nSPS) is 10.8. The minimum atomic E-state index is -4.81. The van der Waals surface area contributed by atoms with E-state index in [9.17, 15) is 12.3 Å². The molecule has 0 bridgehead atoms. The molecule has 0 N–H and O–H groups in total. The molecule has 0 unspecified atom stereocenters. The first-order valence-corrected chi connectivity index (χ1v) is 5.27. The summed E-state index contributed by atoms with van der Waals surface area (Å²) >= 11 is 3.04. The van der Waals surface area contributed by atoms with Gasteiger partial charge in [0.05, 0.1) is 5.56 Å². The molecule has 1 rings (SSSR count). The molecule has 0 aliphatic carbocycles. The van der Waals surface area contributed by atoms with Crippen molar-refractivity contribution in [1.82, 2.24) is 0 Å². The summed E-state index contributed by atoms with van der Waals surface area (Å²) in [5.74, 6) is 0. The Hall–Kier alpha value is -0.930. The highest BCUT2D eigenvalue weighted by molar-refractivity contribution is 9.10. The fourth-order valence-corrected chi connectivity index (χ4v) is 1.76. The zero-order valence-corrected chi connectivity index (χ0v) is 8.56. The van der Waals surface area contributed by atoms with Crippen LogP contribution in [0.2, 0.25) is 0 Å². The number of hydrogen-bond donors (Lipinski definition) is 0. The standard InChI is InChI=1S/C7H3BrFNO2S/c8-6-1-2-7(13(9,11)12)5(3-6)4-10/h1-3H. The van der Waals surface area contributed by atoms with E-state index < -0.39 is 15.1 Å². The molecular formula is C7H3BrFNO2S. The first kappa shape index (κ1) is 10.2. The van der Waals surface area contributed by atoms with Crippen molar-refractivity contribution >= 4 is 26.2 Å². The molecule has 1 aromatic rings. The zero-order valence-electron chi connectivity index (χ0n) is 6.16. The lowest BCUT2D eigenvalue weighted by Crippen LogP contribution is -1.95. The highest BCUT2D eigenvalue weighted by Gasteiger charge is 2.16. The molecule has 3 nitrogen and oxygen atoms in total. The molecule has 68 valence electrons. The number of rotatable bonds is 1. The third-order valence-electron chi connectivity index (χ3n) is 1.32. The van der Waals surface area contributed by atoms with Gasteiger partial charge in [-0.2, -0.15) is 13.7 Å². The highest BCUT2D eigenvalue weighted by Crippen LogP contribution is 2.21. The second-order valence-electron chi connectivity index (χ2n) is 2.19. The number of hydrogen-bond acceptors (Lipinski definition) is 3. The minimum Gasteiger partial charge on any atom is -0.192 e. The van der Waals surface area contributed by atoms with Crippen molar-refractivity contribution in [3.05, 3.63) is 28.2 Å². The SMILES string of the molecule is N#Cc1cc(Br)ccc1S(=O)(=O)F. The van der Waals surface area contributed by atoms with Crippen molar-refractivity contribution in [1.29, 1.82) is 5.26 Å². The van der Waals surface area contributed by atoms with E-state index in [1.165, 1.54) is 12.1 Å². The third-order valence-corrected chi connectivity index (χ3v) is 2.70. The first-order chi connectivity index (χ1) is 5.95. The summed E-state index contributed by atoms with van der Waals surface area (Å²) in [5.41, 5.74) is -0.211. The lowest BCUT2D eigenvalue weighted by molar-refractivity contribution is 0.552. The fraction of sp³-hybridized carbons (Fsp3) is 0. The molecule has 6 heteroatoms. The Kier molecular flexibility index (Phi) is 2.68. The molecule has 0 atom stereocenters. The van der Waals surface area contributed by atoms with Crippen LogP contribution in [0.3, 0.4) is 0 Å². The molecule has 0 saturated carbocycles. The average molecular weight is 264 g/mol. The van der Waals surface area contributed by atoms with Gasteiger partial charge in [0.2, 0.25) is 0 Å². The van der Waals surface area contributed by atoms with Gasteiger partial charge in [0.25, 0.3) is 0 Å². The topological polar surface area (TPSA) is 57.9 Å². The Balaban J connectivity index is 3.50. The Labute approximate surface area is 83.1 Å². The van der Waals surface area contributed by atoms with E-state index in [4.69, 9.17) is 5.26 Å². The third kappa shape index (κ3) is 2.26. The van der Waals surface area contributed by atoms with E-state index in [2.05, 4.69) is 15.9 Å². The van der Waals surface area contributed by atoms with E-state index in [1.54, 1.807) is 6.07 Å². The van der Waals surface area contributed by atoms with Crippen LogP contribution in [0.5, 0.6) is 0 Å². The van der Waals surface area contributed by atoms with Crippen molar-refractivity contribution in [2.75, 3.05) is 0 Å². The maximum Gasteiger partial charge on any atom is 0.333 e. The second-order valence-corrected chi connectivity index (χ2v) is 4.42. The van der Waals surface area contributed by atoms with Crippen molar-refractivity contribution in [3.63, 3.8) is 0 Å². The molecule has 0 aromatic heterocycles. The van der Waals surface area contributed by atoms with Gasteiger partial charge in [-0.15, -0.1) is 3.89 Å². The van der Waals surface area contributed by atoms with Crippen LogP contribution in [0, 0.1) is 11.3 Å². The summed E-state index contributed by atoms with van der Waals surface area (Å²) in [6.45, 7) is 0. The molecule has 0 aliphatic heterocycles. The lowest BCUT2D eigenvalue weighted by Gasteiger charge is -1.97. The van der Waals surface area contributed by atoms with Crippen molar-refractivity contribution < 1.29 is 12.3 Å². The smallest absolute Gasteiger partial charge is 0.192 e. The molecule has 0 saturated heterocycles. The van der Waals surface area contributed by atoms with E-state index in [0.29, 0.717) is 4.47 Å². The second kappa shape index (κ2) is 3.44. The lowest BCUT2D eigenvalue weighted by atomic mass is 10.2. The molecular weight excluding hydrogens is 261 g/mol. The molecule has 13 heavy (non-hydrogen) atoms. The van der Waals surface area contributed by atoms with Crippen LogP contribution in [0.4, 0.5) is 3.89 Å². The predicted molar refractivity (Wildman–Crippen MR) is 47.2 cm³/mol. The molecule has 0 radical (unpaired) electrons. The monoisotopic (exact) mass is 263 g/mol. The largest absolute Gasteiger partial charge is 0.333 e. The van der Waals surface area contributed by atoms with Gasteiger partial charge in [0, 0.05) is 4.47 Å². The molecule has 1 aromatic carbocycles. The van der Waals surface area contributed by atoms with Gasteiger partial charge in [-0.05, 0) is 18.2 Å². The van der Waals surface area contributed by atoms with Gasteiger partial charge in [-0.25, -0.2) is 0 Å². The number of nitrogens with zero attached hydrogens (tertiary/aromatic N) is 1. The molecule has 0 fully saturated rings. The predicted octanol–water partition coefficient (Wildman–Crippen LogP) is 1.98. The van der Waals surface area contributed by atoms with Crippen molar-refractivity contribution in [3.8, 4) is 6.07 Å². The van der Waals surface area contributed by atoms with E-state index in [1.807, 2.05) is 0 Å². The van der Waals surface area contributed by atoms with Crippen LogP contribution < -0.4 is 0 Å².